The van der Waals surface area contributed by atoms with E-state index in [1.54, 1.807) is 11.7 Å². The van der Waals surface area contributed by atoms with E-state index in [4.69, 9.17) is 4.74 Å². The van der Waals surface area contributed by atoms with Crippen LogP contribution in [-0.4, -0.2) is 29.7 Å². The number of carbonyl (C=O) groups excluding carboxylic acids is 1. The molecule has 136 valence electrons. The van der Waals surface area contributed by atoms with E-state index in [9.17, 15) is 9.59 Å². The summed E-state index contributed by atoms with van der Waals surface area (Å²) >= 11 is 1.45. The van der Waals surface area contributed by atoms with Crippen molar-refractivity contribution in [2.45, 2.75) is 26.3 Å². The highest BCUT2D eigenvalue weighted by molar-refractivity contribution is 7.17. The molecule has 3 aromatic rings. The Morgan fingerprint density at radius 2 is 2.12 bits per heavy atom. The second-order valence-corrected chi connectivity index (χ2v) is 6.72. The standard InChI is InChI=1S/C19H20N2O4S/c1-12-20-18-17(19(23)21(12)9-5-8-16(22)25-3)15(11-26-18)13-6-4-7-14(10-13)24-2/h4,6-7,10-11H,5,8-9H2,1-3H3. The Balaban J connectivity index is 2.03. The van der Waals surface area contributed by atoms with Crippen molar-refractivity contribution in [1.82, 2.24) is 9.55 Å². The largest absolute Gasteiger partial charge is 0.497 e. The van der Waals surface area contributed by atoms with Crippen LogP contribution >= 0.6 is 11.3 Å². The quantitative estimate of drug-likeness (QED) is 0.620. The molecule has 6 nitrogen and oxygen atoms in total. The van der Waals surface area contributed by atoms with Gasteiger partial charge in [-0.3, -0.25) is 14.2 Å². The van der Waals surface area contributed by atoms with Crippen LogP contribution in [0.5, 0.6) is 5.75 Å². The maximum Gasteiger partial charge on any atom is 0.305 e. The van der Waals surface area contributed by atoms with Gasteiger partial charge in [0, 0.05) is 23.9 Å². The molecule has 0 atom stereocenters. The average molecular weight is 372 g/mol. The lowest BCUT2D eigenvalue weighted by molar-refractivity contribution is -0.140. The van der Waals surface area contributed by atoms with Crippen LogP contribution in [-0.2, 0) is 16.1 Å². The Hall–Kier alpha value is -2.67. The lowest BCUT2D eigenvalue weighted by Crippen LogP contribution is -2.24. The van der Waals surface area contributed by atoms with Crippen LogP contribution in [0.25, 0.3) is 21.3 Å². The van der Waals surface area contributed by atoms with Crippen molar-refractivity contribution in [3.63, 3.8) is 0 Å². The number of hydrogen-bond acceptors (Lipinski definition) is 6. The normalized spacial score (nSPS) is 10.9. The minimum absolute atomic E-state index is 0.0866. The van der Waals surface area contributed by atoms with E-state index in [0.717, 1.165) is 21.7 Å². The second-order valence-electron chi connectivity index (χ2n) is 5.86. The van der Waals surface area contributed by atoms with Crippen LogP contribution in [0.15, 0.2) is 34.4 Å². The number of methoxy groups -OCH3 is 2. The van der Waals surface area contributed by atoms with Crippen LogP contribution in [0.1, 0.15) is 18.7 Å². The van der Waals surface area contributed by atoms with E-state index in [2.05, 4.69) is 9.72 Å². The van der Waals surface area contributed by atoms with Gasteiger partial charge in [-0.2, -0.15) is 0 Å². The summed E-state index contributed by atoms with van der Waals surface area (Å²) in [5.41, 5.74) is 1.68. The summed E-state index contributed by atoms with van der Waals surface area (Å²) in [6, 6.07) is 7.62. The van der Waals surface area contributed by atoms with Crippen molar-refractivity contribution in [1.29, 1.82) is 0 Å². The number of aryl methyl sites for hydroxylation is 1. The molecule has 7 heteroatoms. The monoisotopic (exact) mass is 372 g/mol. The molecule has 0 aliphatic rings. The van der Waals surface area contributed by atoms with Gasteiger partial charge in [0.05, 0.1) is 19.6 Å². The van der Waals surface area contributed by atoms with Gasteiger partial charge in [0.2, 0.25) is 0 Å². The molecule has 26 heavy (non-hydrogen) atoms. The molecule has 0 radical (unpaired) electrons. The Morgan fingerprint density at radius 3 is 2.85 bits per heavy atom. The Bertz CT molecular complexity index is 1010. The first-order valence-corrected chi connectivity index (χ1v) is 9.13. The highest BCUT2D eigenvalue weighted by Gasteiger charge is 2.16. The van der Waals surface area contributed by atoms with E-state index in [0.29, 0.717) is 24.2 Å². The van der Waals surface area contributed by atoms with Crippen molar-refractivity contribution >= 4 is 27.5 Å². The molecule has 2 heterocycles. The minimum Gasteiger partial charge on any atom is -0.497 e. The molecule has 3 rings (SSSR count). The molecule has 0 saturated carbocycles. The van der Waals surface area contributed by atoms with E-state index in [1.807, 2.05) is 36.6 Å². The summed E-state index contributed by atoms with van der Waals surface area (Å²) in [6.07, 6.45) is 0.798. The number of benzene rings is 1. The first-order chi connectivity index (χ1) is 12.5. The summed E-state index contributed by atoms with van der Waals surface area (Å²) in [4.78, 5) is 29.7. The molecule has 0 aliphatic heterocycles. The predicted molar refractivity (Wildman–Crippen MR) is 102 cm³/mol. The van der Waals surface area contributed by atoms with Crippen LogP contribution in [0.2, 0.25) is 0 Å². The van der Waals surface area contributed by atoms with Gasteiger partial charge in [0.1, 0.15) is 16.4 Å². The van der Waals surface area contributed by atoms with Crippen molar-refractivity contribution in [2.75, 3.05) is 14.2 Å². The zero-order chi connectivity index (χ0) is 18.7. The number of fused-ring (bicyclic) bond motifs is 1. The Kier molecular flexibility index (Phi) is 5.37. The Morgan fingerprint density at radius 1 is 1.31 bits per heavy atom. The lowest BCUT2D eigenvalue weighted by atomic mass is 10.1. The number of hydrogen-bond donors (Lipinski definition) is 0. The molecule has 0 amide bonds. The molecule has 2 aromatic heterocycles. The molecule has 0 aliphatic carbocycles. The van der Waals surface area contributed by atoms with Crippen LogP contribution in [0, 0.1) is 6.92 Å². The number of aromatic nitrogens is 2. The van der Waals surface area contributed by atoms with Gasteiger partial charge < -0.3 is 9.47 Å². The third-order valence-electron chi connectivity index (χ3n) is 4.26. The van der Waals surface area contributed by atoms with Crippen molar-refractivity contribution in [3.8, 4) is 16.9 Å². The van der Waals surface area contributed by atoms with Gasteiger partial charge in [-0.25, -0.2) is 4.98 Å². The van der Waals surface area contributed by atoms with Crippen LogP contribution in [0.3, 0.4) is 0 Å². The van der Waals surface area contributed by atoms with Gasteiger partial charge >= 0.3 is 5.97 Å². The van der Waals surface area contributed by atoms with E-state index in [1.165, 1.54) is 18.4 Å². The smallest absolute Gasteiger partial charge is 0.305 e. The number of carbonyl (C=O) groups is 1. The maximum absolute atomic E-state index is 13.1. The highest BCUT2D eigenvalue weighted by atomic mass is 32.1. The molecular weight excluding hydrogens is 352 g/mol. The fourth-order valence-corrected chi connectivity index (χ4v) is 3.86. The summed E-state index contributed by atoms with van der Waals surface area (Å²) in [5.74, 6) is 1.10. The van der Waals surface area contributed by atoms with Crippen molar-refractivity contribution in [3.05, 3.63) is 45.8 Å². The summed E-state index contributed by atoms with van der Waals surface area (Å²) in [5, 5.41) is 2.55. The molecule has 0 saturated heterocycles. The summed E-state index contributed by atoms with van der Waals surface area (Å²) < 4.78 is 11.6. The van der Waals surface area contributed by atoms with Crippen molar-refractivity contribution < 1.29 is 14.3 Å². The van der Waals surface area contributed by atoms with E-state index in [-0.39, 0.29) is 17.9 Å². The number of esters is 1. The summed E-state index contributed by atoms with van der Waals surface area (Å²) in [6.45, 7) is 2.24. The van der Waals surface area contributed by atoms with Crippen LogP contribution in [0.4, 0.5) is 0 Å². The zero-order valence-corrected chi connectivity index (χ0v) is 15.8. The fraction of sp³-hybridized carbons (Fsp3) is 0.316. The maximum atomic E-state index is 13.1. The summed E-state index contributed by atoms with van der Waals surface area (Å²) in [7, 11) is 2.98. The molecule has 0 fully saturated rings. The van der Waals surface area contributed by atoms with E-state index >= 15 is 0 Å². The number of ether oxygens (including phenoxy) is 2. The molecule has 0 unspecified atom stereocenters. The average Bonchev–Trinajstić information content (AvgIpc) is 3.08. The molecule has 1 aromatic carbocycles. The number of thiophene rings is 1. The van der Waals surface area contributed by atoms with E-state index < -0.39 is 0 Å². The molecule has 0 spiro atoms. The SMILES string of the molecule is COC(=O)CCCn1c(C)nc2scc(-c3cccc(OC)c3)c2c1=O. The zero-order valence-electron chi connectivity index (χ0n) is 14.9. The van der Waals surface area contributed by atoms with Gasteiger partial charge in [-0.15, -0.1) is 11.3 Å². The third-order valence-corrected chi connectivity index (χ3v) is 5.13. The van der Waals surface area contributed by atoms with Gasteiger partial charge in [0.25, 0.3) is 5.56 Å². The number of nitrogens with zero attached hydrogens (tertiary/aromatic N) is 2. The van der Waals surface area contributed by atoms with Crippen LogP contribution < -0.4 is 10.3 Å². The van der Waals surface area contributed by atoms with Gasteiger partial charge in [-0.05, 0) is 31.0 Å². The predicted octanol–water partition coefficient (Wildman–Crippen LogP) is 3.40. The topological polar surface area (TPSA) is 70.4 Å². The molecule has 0 N–H and O–H groups in total. The highest BCUT2D eigenvalue weighted by Crippen LogP contribution is 2.32. The lowest BCUT2D eigenvalue weighted by Gasteiger charge is -2.10. The first-order valence-electron chi connectivity index (χ1n) is 8.25. The Labute approximate surface area is 155 Å². The van der Waals surface area contributed by atoms with Gasteiger partial charge in [0.15, 0.2) is 0 Å². The minimum atomic E-state index is -0.280. The second kappa shape index (κ2) is 7.70. The molecular formula is C19H20N2O4S. The molecule has 0 bridgehead atoms. The van der Waals surface area contributed by atoms with Crippen molar-refractivity contribution in [2.24, 2.45) is 0 Å². The third kappa shape index (κ3) is 3.48. The van der Waals surface area contributed by atoms with Gasteiger partial charge in [-0.1, -0.05) is 12.1 Å². The number of rotatable bonds is 6. The fourth-order valence-electron chi connectivity index (χ4n) is 2.88. The first kappa shape index (κ1) is 18.1.